The number of hydrogen-bond donors (Lipinski definition) is 0. The van der Waals surface area contributed by atoms with Crippen LogP contribution < -0.4 is 0 Å². The van der Waals surface area contributed by atoms with Gasteiger partial charge in [0.15, 0.2) is 0 Å². The number of nitrogens with zero attached hydrogens (tertiary/aromatic N) is 2. The molecule has 0 aromatic rings. The second-order valence-corrected chi connectivity index (χ2v) is 16.4. The number of carbonyl (C=O) groups is 6. The molecule has 4 aliphatic heterocycles. The van der Waals surface area contributed by atoms with Gasteiger partial charge in [-0.25, -0.2) is 9.59 Å². The maximum Gasteiger partial charge on any atom is 0.343 e. The standard InChI is InChI=1S/C20H18N2O8S8/c1-31-15-16(32-2)36-19(35-15)20-37-17(33-7-13(27)29-21-9(23)3-4-10(21)24)18(38-20)34-8-14(28)30-22-11(25)5-6-12(22)26/h3-8H2,1-2H3. The van der Waals surface area contributed by atoms with Crippen LogP contribution in [0.4, 0.5) is 0 Å². The molecule has 0 atom stereocenters. The van der Waals surface area contributed by atoms with Gasteiger partial charge in [0.1, 0.15) is 0 Å². The molecule has 2 fully saturated rings. The van der Waals surface area contributed by atoms with E-state index in [0.29, 0.717) is 10.1 Å². The molecule has 0 saturated carbocycles. The van der Waals surface area contributed by atoms with E-state index in [1.165, 1.54) is 55.5 Å². The van der Waals surface area contributed by atoms with Crippen LogP contribution in [0.15, 0.2) is 25.4 Å². The lowest BCUT2D eigenvalue weighted by molar-refractivity contribution is -0.195. The maximum atomic E-state index is 12.4. The van der Waals surface area contributed by atoms with Crippen molar-refractivity contribution in [2.45, 2.75) is 25.7 Å². The minimum absolute atomic E-state index is 0.0127. The number of thioether (sulfide) groups is 8. The van der Waals surface area contributed by atoms with Gasteiger partial charge in [0.25, 0.3) is 23.6 Å². The van der Waals surface area contributed by atoms with Crippen LogP contribution in [-0.4, -0.2) is 69.7 Å². The van der Waals surface area contributed by atoms with Gasteiger partial charge in [0.05, 0.1) is 36.9 Å². The van der Waals surface area contributed by atoms with E-state index < -0.39 is 35.6 Å². The summed E-state index contributed by atoms with van der Waals surface area (Å²) in [6.45, 7) is 0. The average molecular weight is 671 g/mol. The molecule has 10 nitrogen and oxygen atoms in total. The topological polar surface area (TPSA) is 127 Å². The summed E-state index contributed by atoms with van der Waals surface area (Å²) in [5.74, 6) is -3.99. The van der Waals surface area contributed by atoms with Crippen molar-refractivity contribution in [3.63, 3.8) is 0 Å². The van der Waals surface area contributed by atoms with Crippen molar-refractivity contribution < 1.29 is 38.4 Å². The minimum atomic E-state index is -0.742. The zero-order chi connectivity index (χ0) is 27.4. The second kappa shape index (κ2) is 13.7. The van der Waals surface area contributed by atoms with E-state index in [1.807, 2.05) is 12.5 Å². The molecule has 18 heteroatoms. The molecule has 4 aliphatic rings. The van der Waals surface area contributed by atoms with E-state index in [-0.39, 0.29) is 37.2 Å². The number of imide groups is 2. The monoisotopic (exact) mass is 670 g/mol. The molecule has 2 saturated heterocycles. The van der Waals surface area contributed by atoms with E-state index in [2.05, 4.69) is 0 Å². The van der Waals surface area contributed by atoms with E-state index in [1.54, 1.807) is 47.0 Å². The molecule has 0 bridgehead atoms. The van der Waals surface area contributed by atoms with Crippen LogP contribution in [0.5, 0.6) is 0 Å². The molecule has 0 spiro atoms. The Bertz CT molecular complexity index is 1080. The molecule has 0 radical (unpaired) electrons. The fourth-order valence-electron chi connectivity index (χ4n) is 2.96. The Morgan fingerprint density at radius 3 is 1.26 bits per heavy atom. The third-order valence-corrected chi connectivity index (χ3v) is 15.9. The van der Waals surface area contributed by atoms with Gasteiger partial charge >= 0.3 is 11.9 Å². The van der Waals surface area contributed by atoms with E-state index in [9.17, 15) is 28.8 Å². The summed E-state index contributed by atoms with van der Waals surface area (Å²) >= 11 is 12.0. The fraction of sp³-hybridized carbons (Fsp3) is 0.400. The van der Waals surface area contributed by atoms with E-state index >= 15 is 0 Å². The second-order valence-electron chi connectivity index (χ2n) is 7.21. The molecule has 0 aliphatic carbocycles. The highest BCUT2D eigenvalue weighted by atomic mass is 32.3. The summed E-state index contributed by atoms with van der Waals surface area (Å²) < 4.78 is 6.00. The zero-order valence-corrected chi connectivity index (χ0v) is 26.2. The predicted molar refractivity (Wildman–Crippen MR) is 158 cm³/mol. The molecule has 0 aromatic heterocycles. The van der Waals surface area contributed by atoms with Gasteiger partial charge in [-0.2, -0.15) is 0 Å². The van der Waals surface area contributed by atoms with Crippen molar-refractivity contribution in [1.29, 1.82) is 0 Å². The number of rotatable bonds is 10. The Hall–Kier alpha value is -0.760. The van der Waals surface area contributed by atoms with Gasteiger partial charge in [-0.15, -0.1) is 57.2 Å². The van der Waals surface area contributed by atoms with Gasteiger partial charge < -0.3 is 9.68 Å². The molecule has 4 heterocycles. The van der Waals surface area contributed by atoms with Crippen molar-refractivity contribution in [2.75, 3.05) is 24.0 Å². The SMILES string of the molecule is CSC1=C(SC)SC(=C2SC(SCC(=O)ON3C(=O)CCC3=O)=C(SCC(=O)ON3C(=O)CCC3=O)S2)S1. The fourth-order valence-corrected chi connectivity index (χ4v) is 13.6. The first-order valence-corrected chi connectivity index (χ1v) is 18.3. The minimum Gasteiger partial charge on any atom is -0.329 e. The van der Waals surface area contributed by atoms with Crippen molar-refractivity contribution >= 4 is 130 Å². The Labute approximate surface area is 251 Å². The molecule has 0 aromatic carbocycles. The van der Waals surface area contributed by atoms with Crippen LogP contribution in [-0.2, 0) is 38.4 Å². The van der Waals surface area contributed by atoms with Gasteiger partial charge in [-0.1, -0.05) is 47.0 Å². The van der Waals surface area contributed by atoms with Gasteiger partial charge in [-0.3, -0.25) is 19.2 Å². The molecular formula is C20H18N2O8S8. The van der Waals surface area contributed by atoms with E-state index in [0.717, 1.165) is 16.9 Å². The lowest BCUT2D eigenvalue weighted by Crippen LogP contribution is -2.32. The number of carbonyl (C=O) groups excluding carboxylic acids is 6. The third-order valence-electron chi connectivity index (χ3n) is 4.65. The molecule has 38 heavy (non-hydrogen) atoms. The third kappa shape index (κ3) is 7.30. The van der Waals surface area contributed by atoms with Crippen molar-refractivity contribution in [3.8, 4) is 0 Å². The molecule has 204 valence electrons. The highest BCUT2D eigenvalue weighted by Gasteiger charge is 2.35. The Balaban J connectivity index is 1.41. The van der Waals surface area contributed by atoms with Gasteiger partial charge in [0.2, 0.25) is 0 Å². The summed E-state index contributed by atoms with van der Waals surface area (Å²) in [7, 11) is 0. The first-order chi connectivity index (χ1) is 18.2. The number of hydroxylamine groups is 4. The Kier molecular flexibility index (Phi) is 10.9. The quantitative estimate of drug-likeness (QED) is 0.297. The molecular weight excluding hydrogens is 653 g/mol. The number of amides is 4. The zero-order valence-electron chi connectivity index (χ0n) is 19.7. The maximum absolute atomic E-state index is 12.4. The van der Waals surface area contributed by atoms with Crippen molar-refractivity contribution in [3.05, 3.63) is 25.4 Å². The average Bonchev–Trinajstić information content (AvgIpc) is 3.66. The van der Waals surface area contributed by atoms with Crippen molar-refractivity contribution in [1.82, 2.24) is 10.1 Å². The van der Waals surface area contributed by atoms with Crippen molar-refractivity contribution in [2.24, 2.45) is 0 Å². The van der Waals surface area contributed by atoms with Crippen LogP contribution in [0.25, 0.3) is 0 Å². The van der Waals surface area contributed by atoms with Gasteiger partial charge in [0, 0.05) is 25.7 Å². The largest absolute Gasteiger partial charge is 0.343 e. The van der Waals surface area contributed by atoms with Crippen LogP contribution in [0.2, 0.25) is 0 Å². The predicted octanol–water partition coefficient (Wildman–Crippen LogP) is 4.73. The van der Waals surface area contributed by atoms with Gasteiger partial charge in [-0.05, 0) is 12.5 Å². The normalized spacial score (nSPS) is 20.2. The highest BCUT2D eigenvalue weighted by Crippen LogP contribution is 2.65. The first-order valence-electron chi connectivity index (χ1n) is 10.6. The summed E-state index contributed by atoms with van der Waals surface area (Å²) in [5.41, 5.74) is 0. The van der Waals surface area contributed by atoms with Crippen LogP contribution in [0.1, 0.15) is 25.7 Å². The molecule has 0 unspecified atom stereocenters. The molecule has 0 N–H and O–H groups in total. The Morgan fingerprint density at radius 2 is 0.947 bits per heavy atom. The van der Waals surface area contributed by atoms with E-state index in [4.69, 9.17) is 9.68 Å². The summed E-state index contributed by atoms with van der Waals surface area (Å²) in [5, 5.41) is 1.03. The Morgan fingerprint density at radius 1 is 0.632 bits per heavy atom. The lowest BCUT2D eigenvalue weighted by atomic mass is 10.4. The summed E-state index contributed by atoms with van der Waals surface area (Å²) in [6.07, 6.45) is 4.09. The lowest BCUT2D eigenvalue weighted by Gasteiger charge is -2.13. The highest BCUT2D eigenvalue weighted by molar-refractivity contribution is 8.45. The smallest absolute Gasteiger partial charge is 0.329 e. The molecule has 4 amide bonds. The molecule has 4 rings (SSSR count). The first kappa shape index (κ1) is 30.2. The van der Waals surface area contributed by atoms with Crippen LogP contribution >= 0.6 is 94.1 Å². The van der Waals surface area contributed by atoms with Crippen LogP contribution in [0.3, 0.4) is 0 Å². The summed E-state index contributed by atoms with van der Waals surface area (Å²) in [4.78, 5) is 81.6. The summed E-state index contributed by atoms with van der Waals surface area (Å²) in [6, 6.07) is 0. The van der Waals surface area contributed by atoms with Crippen LogP contribution in [0, 0.1) is 0 Å². The number of hydrogen-bond acceptors (Lipinski definition) is 16.